The van der Waals surface area contributed by atoms with Crippen LogP contribution < -0.4 is 0 Å². The molecule has 0 amide bonds. The minimum absolute atomic E-state index is 1.25. The SMILES string of the molecule is [c]1ccc2cccsc1-2. The molecule has 1 radical (unpaired) electrons. The van der Waals surface area contributed by atoms with Gasteiger partial charge in [-0.3, -0.25) is 0 Å². The van der Waals surface area contributed by atoms with Crippen LogP contribution in [0.4, 0.5) is 0 Å². The van der Waals surface area contributed by atoms with Crippen molar-refractivity contribution in [2.75, 3.05) is 0 Å². The number of hydrogen-bond acceptors (Lipinski definition) is 1. The molecule has 0 saturated heterocycles. The lowest BCUT2D eigenvalue weighted by Crippen LogP contribution is -1.63. The molecule has 2 aliphatic rings. The van der Waals surface area contributed by atoms with E-state index in [9.17, 15) is 0 Å². The van der Waals surface area contributed by atoms with Crippen LogP contribution in [0.3, 0.4) is 0 Å². The molecule has 0 atom stereocenters. The summed E-state index contributed by atoms with van der Waals surface area (Å²) in [5, 5.41) is 2.07. The van der Waals surface area contributed by atoms with Crippen LogP contribution in [0.5, 0.6) is 0 Å². The van der Waals surface area contributed by atoms with Crippen molar-refractivity contribution in [3.05, 3.63) is 35.7 Å². The van der Waals surface area contributed by atoms with Gasteiger partial charge in [0.05, 0.1) is 0 Å². The zero-order valence-electron chi connectivity index (χ0n) is 4.79. The molecule has 0 N–H and O–H groups in total. The van der Waals surface area contributed by atoms with Crippen molar-refractivity contribution in [2.45, 2.75) is 0 Å². The molecule has 0 saturated carbocycles. The van der Waals surface area contributed by atoms with Crippen LogP contribution in [0.1, 0.15) is 0 Å². The van der Waals surface area contributed by atoms with Crippen LogP contribution in [-0.2, 0) is 0 Å². The summed E-state index contributed by atoms with van der Waals surface area (Å²) in [5.74, 6) is 0. The monoisotopic (exact) mass is 133 g/mol. The summed E-state index contributed by atoms with van der Waals surface area (Å²) in [6, 6.07) is 11.3. The maximum atomic E-state index is 3.14. The van der Waals surface area contributed by atoms with Gasteiger partial charge >= 0.3 is 0 Å². The molecule has 2 rings (SSSR count). The fourth-order valence-corrected chi connectivity index (χ4v) is 1.55. The van der Waals surface area contributed by atoms with Gasteiger partial charge in [0, 0.05) is 10.9 Å². The first-order valence-corrected chi connectivity index (χ1v) is 3.69. The van der Waals surface area contributed by atoms with Gasteiger partial charge < -0.3 is 0 Å². The first-order chi connectivity index (χ1) is 4.47. The second-order valence-corrected chi connectivity index (χ2v) is 2.79. The molecule has 0 aromatic heterocycles. The molecule has 0 fully saturated rings. The van der Waals surface area contributed by atoms with E-state index < -0.39 is 0 Å². The van der Waals surface area contributed by atoms with Gasteiger partial charge in [-0.25, -0.2) is 0 Å². The van der Waals surface area contributed by atoms with Crippen molar-refractivity contribution in [1.29, 1.82) is 0 Å². The van der Waals surface area contributed by atoms with Crippen LogP contribution in [0, 0.1) is 6.07 Å². The normalized spacial score (nSPS) is 10.2. The molecule has 0 unspecified atom stereocenters. The quantitative estimate of drug-likeness (QED) is 0.518. The Kier molecular flexibility index (Phi) is 1.03. The van der Waals surface area contributed by atoms with E-state index in [1.165, 1.54) is 10.4 Å². The summed E-state index contributed by atoms with van der Waals surface area (Å²) in [6.45, 7) is 0. The molecular formula is C8H5S. The van der Waals surface area contributed by atoms with Crippen molar-refractivity contribution < 1.29 is 0 Å². The van der Waals surface area contributed by atoms with Crippen molar-refractivity contribution >= 4 is 11.3 Å². The summed E-state index contributed by atoms with van der Waals surface area (Å²) < 4.78 is 0. The van der Waals surface area contributed by atoms with Crippen molar-refractivity contribution in [3.63, 3.8) is 0 Å². The van der Waals surface area contributed by atoms with Gasteiger partial charge in [0.1, 0.15) is 0 Å². The average Bonchev–Trinajstić information content (AvgIpc) is 2.33. The van der Waals surface area contributed by atoms with Crippen LogP contribution in [0.2, 0.25) is 0 Å². The van der Waals surface area contributed by atoms with E-state index in [1.807, 2.05) is 6.07 Å². The first-order valence-electron chi connectivity index (χ1n) is 2.81. The predicted octanol–water partition coefficient (Wildman–Crippen LogP) is 2.65. The number of fused-ring (bicyclic) bond motifs is 1. The van der Waals surface area contributed by atoms with Crippen molar-refractivity contribution in [3.8, 4) is 10.4 Å². The predicted molar refractivity (Wildman–Crippen MR) is 39.8 cm³/mol. The van der Waals surface area contributed by atoms with E-state index in [0.29, 0.717) is 0 Å². The lowest BCUT2D eigenvalue weighted by Gasteiger charge is -1.90. The summed E-state index contributed by atoms with van der Waals surface area (Å²) in [7, 11) is 0. The Morgan fingerprint density at radius 2 is 2.33 bits per heavy atom. The average molecular weight is 133 g/mol. The van der Waals surface area contributed by atoms with Gasteiger partial charge in [0.2, 0.25) is 0 Å². The third-order valence-electron chi connectivity index (χ3n) is 1.28. The molecule has 43 valence electrons. The molecule has 1 aliphatic heterocycles. The molecule has 0 spiro atoms. The van der Waals surface area contributed by atoms with Crippen molar-refractivity contribution in [1.82, 2.24) is 0 Å². The van der Waals surface area contributed by atoms with Crippen LogP contribution >= 0.6 is 11.3 Å². The first kappa shape index (κ1) is 5.00. The highest BCUT2D eigenvalue weighted by molar-refractivity contribution is 7.13. The van der Waals surface area contributed by atoms with Gasteiger partial charge in [-0.05, 0) is 10.9 Å². The number of hydrogen-bond donors (Lipinski definition) is 0. The molecule has 0 nitrogen and oxygen atoms in total. The molecule has 9 heavy (non-hydrogen) atoms. The summed E-state index contributed by atoms with van der Waals surface area (Å²) >= 11 is 1.73. The highest BCUT2D eigenvalue weighted by atomic mass is 32.1. The smallest absolute Gasteiger partial charge is 0.0421 e. The summed E-state index contributed by atoms with van der Waals surface area (Å²) in [4.78, 5) is 1.25. The Bertz CT molecular complexity index is 245. The third kappa shape index (κ3) is 0.736. The lowest BCUT2D eigenvalue weighted by atomic mass is 10.3. The maximum absolute atomic E-state index is 3.14. The highest BCUT2D eigenvalue weighted by Crippen LogP contribution is 2.25. The standard InChI is InChI=1S/C8H5S/c1-3-7-4-2-6-9-8(7)5-1/h1-4,6H. The Morgan fingerprint density at radius 3 is 3.22 bits per heavy atom. The Morgan fingerprint density at radius 1 is 1.33 bits per heavy atom. The number of rotatable bonds is 0. The molecular weight excluding hydrogens is 128 g/mol. The minimum Gasteiger partial charge on any atom is -0.143 e. The summed E-state index contributed by atoms with van der Waals surface area (Å²) in [5.41, 5.74) is 1.29. The minimum atomic E-state index is 1.25. The zero-order chi connectivity index (χ0) is 6.10. The third-order valence-corrected chi connectivity index (χ3v) is 2.16. The second kappa shape index (κ2) is 1.85. The van der Waals surface area contributed by atoms with Gasteiger partial charge in [0.15, 0.2) is 0 Å². The van der Waals surface area contributed by atoms with E-state index in [2.05, 4.69) is 29.6 Å². The van der Waals surface area contributed by atoms with Gasteiger partial charge in [0.25, 0.3) is 0 Å². The highest BCUT2D eigenvalue weighted by Gasteiger charge is 1.97. The lowest BCUT2D eigenvalue weighted by molar-refractivity contribution is 1.85. The maximum Gasteiger partial charge on any atom is 0.0421 e. The fraction of sp³-hybridized carbons (Fsp3) is 0. The van der Waals surface area contributed by atoms with E-state index >= 15 is 0 Å². The molecule has 0 bridgehead atoms. The van der Waals surface area contributed by atoms with Gasteiger partial charge in [-0.2, -0.15) is 0 Å². The van der Waals surface area contributed by atoms with Gasteiger partial charge in [-0.1, -0.05) is 24.3 Å². The Labute approximate surface area is 58.1 Å². The fourth-order valence-electron chi connectivity index (χ4n) is 0.850. The van der Waals surface area contributed by atoms with E-state index in [-0.39, 0.29) is 0 Å². The van der Waals surface area contributed by atoms with Crippen LogP contribution in [0.15, 0.2) is 29.6 Å². The van der Waals surface area contributed by atoms with E-state index in [0.717, 1.165) is 0 Å². The van der Waals surface area contributed by atoms with E-state index in [4.69, 9.17) is 0 Å². The van der Waals surface area contributed by atoms with Gasteiger partial charge in [-0.15, -0.1) is 11.3 Å². The van der Waals surface area contributed by atoms with Crippen LogP contribution in [0.25, 0.3) is 10.4 Å². The summed E-state index contributed by atoms with van der Waals surface area (Å²) in [6.07, 6.45) is 0. The van der Waals surface area contributed by atoms with Crippen LogP contribution in [-0.4, -0.2) is 0 Å². The molecule has 0 aromatic carbocycles. The largest absolute Gasteiger partial charge is 0.143 e. The second-order valence-electron chi connectivity index (χ2n) is 1.88. The Hall–Kier alpha value is -0.820. The molecule has 0 aromatic rings. The molecule has 1 aliphatic carbocycles. The topological polar surface area (TPSA) is 0 Å². The molecule has 1 heterocycles. The Balaban J connectivity index is 2.79. The van der Waals surface area contributed by atoms with E-state index in [1.54, 1.807) is 11.3 Å². The van der Waals surface area contributed by atoms with Crippen molar-refractivity contribution in [2.24, 2.45) is 0 Å². The molecule has 1 heteroatoms. The zero-order valence-corrected chi connectivity index (χ0v) is 5.61.